The number of carbonyl (C=O) groups is 2. The van der Waals surface area contributed by atoms with E-state index in [0.29, 0.717) is 30.1 Å². The summed E-state index contributed by atoms with van der Waals surface area (Å²) in [7, 11) is 0. The van der Waals surface area contributed by atoms with Crippen LogP contribution < -0.4 is 10.0 Å². The van der Waals surface area contributed by atoms with Crippen LogP contribution in [0.4, 0.5) is 11.4 Å². The van der Waals surface area contributed by atoms with E-state index in [-0.39, 0.29) is 11.8 Å². The Morgan fingerprint density at radius 2 is 1.43 bits per heavy atom. The quantitative estimate of drug-likeness (QED) is 0.753. The molecule has 2 unspecified atom stereocenters. The average Bonchev–Trinajstić information content (AvgIpc) is 3.00. The van der Waals surface area contributed by atoms with Gasteiger partial charge in [0.2, 0.25) is 0 Å². The highest BCUT2D eigenvalue weighted by molar-refractivity contribution is 6.23. The van der Waals surface area contributed by atoms with E-state index >= 15 is 0 Å². The van der Waals surface area contributed by atoms with Crippen LogP contribution in [0.3, 0.4) is 0 Å². The second-order valence-corrected chi connectivity index (χ2v) is 7.87. The average molecular weight is 373 g/mol. The number of nitrogens with zero attached hydrogens (tertiary/aromatic N) is 3. The molecule has 2 aromatic carbocycles. The van der Waals surface area contributed by atoms with Crippen LogP contribution in [0.5, 0.6) is 0 Å². The number of amides is 2. The van der Waals surface area contributed by atoms with Gasteiger partial charge in [-0.25, -0.2) is 10.0 Å². The van der Waals surface area contributed by atoms with E-state index in [2.05, 4.69) is 13.0 Å². The summed E-state index contributed by atoms with van der Waals surface area (Å²) in [6, 6.07) is 20.7. The molecule has 1 saturated carbocycles. The van der Waals surface area contributed by atoms with Crippen LogP contribution in [-0.4, -0.2) is 11.8 Å². The summed E-state index contributed by atoms with van der Waals surface area (Å²) >= 11 is 0. The van der Waals surface area contributed by atoms with Crippen molar-refractivity contribution in [1.29, 1.82) is 5.26 Å². The normalized spacial score (nSPS) is 25.8. The molecule has 0 bridgehead atoms. The van der Waals surface area contributed by atoms with Gasteiger partial charge >= 0.3 is 0 Å². The van der Waals surface area contributed by atoms with E-state index in [4.69, 9.17) is 0 Å². The molecule has 1 saturated heterocycles. The molecule has 4 rings (SSSR count). The fourth-order valence-corrected chi connectivity index (χ4v) is 4.66. The number of carbonyl (C=O) groups excluding carboxylic acids is 2. The molecule has 0 aromatic heterocycles. The molecular weight excluding hydrogens is 350 g/mol. The van der Waals surface area contributed by atoms with E-state index in [1.54, 1.807) is 0 Å². The number of anilines is 2. The van der Waals surface area contributed by atoms with Gasteiger partial charge in [-0.05, 0) is 43.0 Å². The predicted molar refractivity (Wildman–Crippen MR) is 107 cm³/mol. The summed E-state index contributed by atoms with van der Waals surface area (Å²) in [6.07, 6.45) is 3.06. The first-order chi connectivity index (χ1) is 13.6. The van der Waals surface area contributed by atoms with Crippen LogP contribution in [-0.2, 0) is 9.59 Å². The van der Waals surface area contributed by atoms with Gasteiger partial charge in [0.25, 0.3) is 11.8 Å². The number of benzene rings is 2. The molecule has 2 aliphatic rings. The van der Waals surface area contributed by atoms with Gasteiger partial charge in [0.1, 0.15) is 5.92 Å². The van der Waals surface area contributed by atoms with Crippen LogP contribution >= 0.6 is 0 Å². The highest BCUT2D eigenvalue weighted by Crippen LogP contribution is 2.49. The first-order valence-electron chi connectivity index (χ1n) is 9.76. The Morgan fingerprint density at radius 1 is 0.929 bits per heavy atom. The maximum absolute atomic E-state index is 13.6. The predicted octanol–water partition coefficient (Wildman–Crippen LogP) is 4.32. The van der Waals surface area contributed by atoms with Gasteiger partial charge in [-0.2, -0.15) is 5.26 Å². The molecule has 5 heteroatoms. The van der Waals surface area contributed by atoms with Crippen molar-refractivity contribution in [3.63, 3.8) is 0 Å². The number of nitriles is 1. The maximum atomic E-state index is 13.6. The van der Waals surface area contributed by atoms with Crippen molar-refractivity contribution in [3.05, 3.63) is 60.7 Å². The minimum Gasteiger partial charge on any atom is -0.272 e. The molecule has 1 aliphatic heterocycles. The molecule has 1 aliphatic carbocycles. The van der Waals surface area contributed by atoms with Crippen molar-refractivity contribution >= 4 is 23.2 Å². The summed E-state index contributed by atoms with van der Waals surface area (Å²) in [5, 5.41) is 13.0. The van der Waals surface area contributed by atoms with Crippen molar-refractivity contribution < 1.29 is 9.59 Å². The Balaban J connectivity index is 1.83. The fourth-order valence-electron chi connectivity index (χ4n) is 4.66. The highest BCUT2D eigenvalue weighted by Gasteiger charge is 2.58. The Morgan fingerprint density at radius 3 is 1.86 bits per heavy atom. The number of hydrazine groups is 1. The van der Waals surface area contributed by atoms with Gasteiger partial charge in [0, 0.05) is 0 Å². The van der Waals surface area contributed by atoms with Crippen LogP contribution in [0.1, 0.15) is 32.6 Å². The maximum Gasteiger partial charge on any atom is 0.260 e. The zero-order valence-electron chi connectivity index (χ0n) is 15.9. The van der Waals surface area contributed by atoms with Crippen molar-refractivity contribution in [2.24, 2.45) is 17.3 Å². The molecule has 2 fully saturated rings. The molecule has 2 atom stereocenters. The van der Waals surface area contributed by atoms with E-state index in [1.165, 1.54) is 10.0 Å². The lowest BCUT2D eigenvalue weighted by molar-refractivity contribution is -0.132. The highest BCUT2D eigenvalue weighted by atomic mass is 16.2. The summed E-state index contributed by atoms with van der Waals surface area (Å²) in [5.74, 6) is -1.27. The van der Waals surface area contributed by atoms with Gasteiger partial charge in [0.15, 0.2) is 0 Å². The standard InChI is InChI=1S/C23H23N3O2/c1-17-9-8-14-23(15-17,16-24)20-21(27)25(18-10-4-2-5-11-18)26(22(20)28)19-12-6-3-7-13-19/h2-7,10-13,17,20H,8-9,14-15H2,1H3. The molecule has 142 valence electrons. The van der Waals surface area contributed by atoms with Crippen molar-refractivity contribution in [3.8, 4) is 6.07 Å². The molecule has 2 amide bonds. The molecule has 0 spiro atoms. The Kier molecular flexibility index (Phi) is 4.64. The molecule has 2 aromatic rings. The zero-order valence-corrected chi connectivity index (χ0v) is 15.9. The van der Waals surface area contributed by atoms with E-state index in [1.807, 2.05) is 60.7 Å². The van der Waals surface area contributed by atoms with Crippen molar-refractivity contribution in [2.45, 2.75) is 32.6 Å². The molecule has 0 N–H and O–H groups in total. The van der Waals surface area contributed by atoms with Gasteiger partial charge in [-0.1, -0.05) is 56.2 Å². The Labute approximate surface area is 165 Å². The van der Waals surface area contributed by atoms with Crippen LogP contribution in [0.15, 0.2) is 60.7 Å². The van der Waals surface area contributed by atoms with E-state index in [0.717, 1.165) is 12.8 Å². The minimum atomic E-state index is -0.972. The smallest absolute Gasteiger partial charge is 0.260 e. The number of rotatable bonds is 3. The van der Waals surface area contributed by atoms with Gasteiger partial charge in [-0.15, -0.1) is 0 Å². The van der Waals surface area contributed by atoms with Crippen LogP contribution in [0.2, 0.25) is 0 Å². The molecule has 0 radical (unpaired) electrons. The third-order valence-electron chi connectivity index (χ3n) is 5.92. The summed E-state index contributed by atoms with van der Waals surface area (Å²) in [4.78, 5) is 27.2. The summed E-state index contributed by atoms with van der Waals surface area (Å²) < 4.78 is 0. The largest absolute Gasteiger partial charge is 0.272 e. The Bertz CT molecular complexity index is 864. The first kappa shape index (κ1) is 18.2. The monoisotopic (exact) mass is 373 g/mol. The zero-order chi connectivity index (χ0) is 19.7. The lowest BCUT2D eigenvalue weighted by Gasteiger charge is -2.36. The summed E-state index contributed by atoms with van der Waals surface area (Å²) in [5.41, 5.74) is 0.316. The second kappa shape index (κ2) is 7.12. The molecule has 1 heterocycles. The lowest BCUT2D eigenvalue weighted by Crippen LogP contribution is -2.41. The third kappa shape index (κ3) is 2.86. The fraction of sp³-hybridized carbons (Fsp3) is 0.348. The molecule has 5 nitrogen and oxygen atoms in total. The van der Waals surface area contributed by atoms with Crippen LogP contribution in [0, 0.1) is 28.6 Å². The number of hydrogen-bond donors (Lipinski definition) is 0. The third-order valence-corrected chi connectivity index (χ3v) is 5.92. The second-order valence-electron chi connectivity index (χ2n) is 7.87. The molecule has 28 heavy (non-hydrogen) atoms. The minimum absolute atomic E-state index is 0.310. The van der Waals surface area contributed by atoms with Gasteiger partial charge in [0.05, 0.1) is 22.9 Å². The van der Waals surface area contributed by atoms with Crippen molar-refractivity contribution in [1.82, 2.24) is 0 Å². The SMILES string of the molecule is CC1CCCC(C#N)(C2C(=O)N(c3ccccc3)N(c3ccccc3)C2=O)C1. The Hall–Kier alpha value is -3.13. The lowest BCUT2D eigenvalue weighted by atomic mass is 9.63. The molecular formula is C23H23N3O2. The number of hydrogen-bond acceptors (Lipinski definition) is 3. The van der Waals surface area contributed by atoms with Gasteiger partial charge < -0.3 is 0 Å². The first-order valence-corrected chi connectivity index (χ1v) is 9.76. The topological polar surface area (TPSA) is 64.4 Å². The summed E-state index contributed by atoms with van der Waals surface area (Å²) in [6.45, 7) is 2.10. The van der Waals surface area contributed by atoms with Gasteiger partial charge in [-0.3, -0.25) is 9.59 Å². The van der Waals surface area contributed by atoms with E-state index in [9.17, 15) is 14.9 Å². The van der Waals surface area contributed by atoms with Crippen LogP contribution in [0.25, 0.3) is 0 Å². The van der Waals surface area contributed by atoms with Crippen molar-refractivity contribution in [2.75, 3.05) is 10.0 Å². The van der Waals surface area contributed by atoms with E-state index < -0.39 is 11.3 Å². The number of para-hydroxylation sites is 2.